The van der Waals surface area contributed by atoms with Crippen LogP contribution in [0.25, 0.3) is 0 Å². The molecular weight excluding hydrogens is 294 g/mol. The molecule has 0 saturated heterocycles. The van der Waals surface area contributed by atoms with E-state index in [1.807, 2.05) is 19.9 Å². The van der Waals surface area contributed by atoms with Crippen LogP contribution in [0.1, 0.15) is 23.9 Å². The number of hydrogen-bond donors (Lipinski definition) is 1. The molecule has 0 aliphatic heterocycles. The molecule has 2 rings (SSSR count). The normalized spacial score (nSPS) is 10.3. The lowest BCUT2D eigenvalue weighted by Crippen LogP contribution is -2.13. The molecule has 0 saturated carbocycles. The van der Waals surface area contributed by atoms with E-state index in [1.54, 1.807) is 18.2 Å². The van der Waals surface area contributed by atoms with Gasteiger partial charge in [-0.25, -0.2) is 4.98 Å². The van der Waals surface area contributed by atoms with Crippen molar-refractivity contribution in [3.63, 3.8) is 0 Å². The highest BCUT2D eigenvalue weighted by atomic mass is 35.5. The largest absolute Gasteiger partial charge is 0.424 e. The summed E-state index contributed by atoms with van der Waals surface area (Å²) in [4.78, 5) is 8.60. The van der Waals surface area contributed by atoms with Gasteiger partial charge in [0.15, 0.2) is 0 Å². The van der Waals surface area contributed by atoms with Crippen LogP contribution in [0, 0.1) is 6.92 Å². The fourth-order valence-corrected chi connectivity index (χ4v) is 2.06. The molecule has 0 aliphatic rings. The third-order valence-corrected chi connectivity index (χ3v) is 3.27. The van der Waals surface area contributed by atoms with Gasteiger partial charge in [0.05, 0.1) is 0 Å². The van der Waals surface area contributed by atoms with Gasteiger partial charge >= 0.3 is 6.01 Å². The van der Waals surface area contributed by atoms with E-state index in [9.17, 15) is 0 Å². The average molecular weight is 308 g/mol. The molecule has 4 nitrogen and oxygen atoms in total. The Bertz CT molecular complexity index is 661. The third-order valence-electron chi connectivity index (χ3n) is 2.69. The Hall–Kier alpha value is -1.72. The number of nitrogens with two attached hydrogens (primary N) is 1. The van der Waals surface area contributed by atoms with Crippen molar-refractivity contribution in [2.75, 3.05) is 0 Å². The van der Waals surface area contributed by atoms with Gasteiger partial charge in [0.2, 0.25) is 0 Å². The van der Waals surface area contributed by atoms with Crippen molar-refractivity contribution in [2.24, 2.45) is 5.73 Å². The standard InChI is InChI=1S/C14H14ClN3OS/c1-3-9-7-10(4-5-11(9)15)19-14-17-8(2)6-12(18-14)13(16)20/h4-7H,3H2,1-2H3,(H2,16,20). The molecule has 0 unspecified atom stereocenters. The highest BCUT2D eigenvalue weighted by Gasteiger charge is 2.08. The number of ether oxygens (including phenoxy) is 1. The summed E-state index contributed by atoms with van der Waals surface area (Å²) in [6, 6.07) is 7.37. The summed E-state index contributed by atoms with van der Waals surface area (Å²) < 4.78 is 5.65. The quantitative estimate of drug-likeness (QED) is 0.877. The molecule has 0 amide bonds. The summed E-state index contributed by atoms with van der Waals surface area (Å²) in [5, 5.41) is 0.717. The first-order valence-corrected chi connectivity index (χ1v) is 6.90. The predicted molar refractivity (Wildman–Crippen MR) is 83.6 cm³/mol. The van der Waals surface area contributed by atoms with Crippen molar-refractivity contribution in [1.29, 1.82) is 0 Å². The second kappa shape index (κ2) is 6.15. The zero-order chi connectivity index (χ0) is 14.7. The minimum atomic E-state index is 0.214. The van der Waals surface area contributed by atoms with E-state index in [0.29, 0.717) is 16.5 Å². The van der Waals surface area contributed by atoms with Gasteiger partial charge in [-0.1, -0.05) is 30.7 Å². The third kappa shape index (κ3) is 3.43. The Kier molecular flexibility index (Phi) is 4.52. The van der Waals surface area contributed by atoms with E-state index in [1.165, 1.54) is 0 Å². The van der Waals surface area contributed by atoms with Crippen LogP contribution in [0.4, 0.5) is 0 Å². The van der Waals surface area contributed by atoms with Gasteiger partial charge in [0.1, 0.15) is 16.4 Å². The number of aryl methyl sites for hydroxylation is 2. The minimum absolute atomic E-state index is 0.214. The number of thiocarbonyl (C=S) groups is 1. The molecule has 0 spiro atoms. The Morgan fingerprint density at radius 1 is 1.35 bits per heavy atom. The molecule has 0 aliphatic carbocycles. The van der Waals surface area contributed by atoms with Crippen LogP contribution in [0.5, 0.6) is 11.8 Å². The topological polar surface area (TPSA) is 61.0 Å². The molecule has 1 heterocycles. The molecule has 0 bridgehead atoms. The fraction of sp³-hybridized carbons (Fsp3) is 0.214. The van der Waals surface area contributed by atoms with Crippen molar-refractivity contribution in [2.45, 2.75) is 20.3 Å². The van der Waals surface area contributed by atoms with E-state index < -0.39 is 0 Å². The van der Waals surface area contributed by atoms with Gasteiger partial charge in [-0.3, -0.25) is 0 Å². The zero-order valence-electron chi connectivity index (χ0n) is 11.2. The molecule has 0 radical (unpaired) electrons. The van der Waals surface area contributed by atoms with Crippen molar-refractivity contribution in [3.05, 3.63) is 46.2 Å². The molecule has 6 heteroatoms. The Labute approximate surface area is 128 Å². The maximum absolute atomic E-state index is 6.07. The minimum Gasteiger partial charge on any atom is -0.424 e. The van der Waals surface area contributed by atoms with Crippen LogP contribution in [-0.2, 0) is 6.42 Å². The van der Waals surface area contributed by atoms with E-state index in [4.69, 9.17) is 34.3 Å². The second-order valence-corrected chi connectivity index (χ2v) is 5.10. The van der Waals surface area contributed by atoms with Crippen molar-refractivity contribution < 1.29 is 4.74 Å². The van der Waals surface area contributed by atoms with Crippen LogP contribution in [-0.4, -0.2) is 15.0 Å². The smallest absolute Gasteiger partial charge is 0.322 e. The number of rotatable bonds is 4. The molecule has 104 valence electrons. The van der Waals surface area contributed by atoms with E-state index in [2.05, 4.69) is 9.97 Å². The first-order valence-electron chi connectivity index (χ1n) is 6.11. The Balaban J connectivity index is 2.32. The number of hydrogen-bond acceptors (Lipinski definition) is 4. The Morgan fingerprint density at radius 2 is 2.10 bits per heavy atom. The molecular formula is C14H14ClN3OS. The lowest BCUT2D eigenvalue weighted by molar-refractivity contribution is 0.439. The number of benzene rings is 1. The second-order valence-electron chi connectivity index (χ2n) is 4.25. The van der Waals surface area contributed by atoms with E-state index >= 15 is 0 Å². The molecule has 1 aromatic carbocycles. The lowest BCUT2D eigenvalue weighted by Gasteiger charge is -2.08. The summed E-state index contributed by atoms with van der Waals surface area (Å²) in [5.41, 5.74) is 7.82. The van der Waals surface area contributed by atoms with Gasteiger partial charge in [-0.05, 0) is 43.2 Å². The molecule has 0 atom stereocenters. The number of aromatic nitrogens is 2. The summed E-state index contributed by atoms with van der Waals surface area (Å²) in [6.07, 6.45) is 0.822. The summed E-state index contributed by atoms with van der Waals surface area (Å²) in [7, 11) is 0. The zero-order valence-corrected chi connectivity index (χ0v) is 12.8. The first-order chi connectivity index (χ1) is 9.49. The summed E-state index contributed by atoms with van der Waals surface area (Å²) >= 11 is 11.0. The molecule has 2 aromatic rings. The maximum atomic E-state index is 6.07. The van der Waals surface area contributed by atoms with E-state index in [-0.39, 0.29) is 11.0 Å². The molecule has 0 fully saturated rings. The van der Waals surface area contributed by atoms with Gasteiger partial charge in [0.25, 0.3) is 0 Å². The van der Waals surface area contributed by atoms with Crippen LogP contribution in [0.3, 0.4) is 0 Å². The van der Waals surface area contributed by atoms with Gasteiger partial charge in [-0.2, -0.15) is 4.98 Å². The van der Waals surface area contributed by atoms with E-state index in [0.717, 1.165) is 17.7 Å². The summed E-state index contributed by atoms with van der Waals surface area (Å²) in [5.74, 6) is 0.630. The van der Waals surface area contributed by atoms with Crippen LogP contribution in [0.2, 0.25) is 5.02 Å². The molecule has 20 heavy (non-hydrogen) atoms. The first kappa shape index (κ1) is 14.7. The fourth-order valence-electron chi connectivity index (χ4n) is 1.70. The summed E-state index contributed by atoms with van der Waals surface area (Å²) in [6.45, 7) is 3.86. The monoisotopic (exact) mass is 307 g/mol. The van der Waals surface area contributed by atoms with Crippen LogP contribution >= 0.6 is 23.8 Å². The van der Waals surface area contributed by atoms with Gasteiger partial charge in [0, 0.05) is 10.7 Å². The maximum Gasteiger partial charge on any atom is 0.322 e. The van der Waals surface area contributed by atoms with Crippen molar-refractivity contribution >= 4 is 28.8 Å². The number of nitrogens with zero attached hydrogens (tertiary/aromatic N) is 2. The molecule has 2 N–H and O–H groups in total. The molecule has 1 aromatic heterocycles. The van der Waals surface area contributed by atoms with Gasteiger partial charge in [-0.15, -0.1) is 0 Å². The Morgan fingerprint density at radius 3 is 2.75 bits per heavy atom. The number of halogens is 1. The lowest BCUT2D eigenvalue weighted by atomic mass is 10.1. The highest BCUT2D eigenvalue weighted by Crippen LogP contribution is 2.25. The SMILES string of the molecule is CCc1cc(Oc2nc(C)cc(C(N)=S)n2)ccc1Cl. The van der Waals surface area contributed by atoms with Crippen molar-refractivity contribution in [1.82, 2.24) is 9.97 Å². The van der Waals surface area contributed by atoms with Crippen LogP contribution < -0.4 is 10.5 Å². The average Bonchev–Trinajstić information content (AvgIpc) is 2.40. The predicted octanol–water partition coefficient (Wildman–Crippen LogP) is 3.43. The van der Waals surface area contributed by atoms with Crippen LogP contribution in [0.15, 0.2) is 24.3 Å². The van der Waals surface area contributed by atoms with Crippen molar-refractivity contribution in [3.8, 4) is 11.8 Å². The highest BCUT2D eigenvalue weighted by molar-refractivity contribution is 7.80. The van der Waals surface area contributed by atoms with Gasteiger partial charge < -0.3 is 10.5 Å².